The van der Waals surface area contributed by atoms with Crippen LogP contribution in [-0.4, -0.2) is 44.5 Å². The van der Waals surface area contributed by atoms with Gasteiger partial charge in [-0.1, -0.05) is 51.3 Å². The fraction of sp³-hybridized carbons (Fsp3) is 0.333. The van der Waals surface area contributed by atoms with Gasteiger partial charge < -0.3 is 9.73 Å². The molecule has 1 atom stereocenters. The van der Waals surface area contributed by atoms with E-state index in [1.807, 2.05) is 12.1 Å². The number of carbonyl (C=O) groups is 1. The van der Waals surface area contributed by atoms with E-state index in [1.54, 1.807) is 30.3 Å². The summed E-state index contributed by atoms with van der Waals surface area (Å²) in [6.45, 7) is 0. The number of hydrogen-bond donors (Lipinski definition) is 1. The van der Waals surface area contributed by atoms with Crippen LogP contribution in [0.4, 0.5) is 13.2 Å². The largest absolute Gasteiger partial charge is 0.418 e. The third kappa shape index (κ3) is 4.81. The fourth-order valence-electron chi connectivity index (χ4n) is 4.80. The molecule has 4 aromatic rings. The Bertz CT molecular complexity index is 1590. The van der Waals surface area contributed by atoms with E-state index >= 15 is 0 Å². The number of hydrogen-bond acceptors (Lipinski definition) is 5. The van der Waals surface area contributed by atoms with Gasteiger partial charge in [-0.25, -0.2) is 17.9 Å². The number of rotatable bonds is 8. The van der Waals surface area contributed by atoms with Crippen LogP contribution in [0.15, 0.2) is 51.4 Å². The lowest BCUT2D eigenvalue weighted by Crippen LogP contribution is -2.39. The third-order valence-electron chi connectivity index (χ3n) is 7.40. The predicted molar refractivity (Wildman–Crippen MR) is 147 cm³/mol. The molecule has 13 heteroatoms. The second-order valence-corrected chi connectivity index (χ2v) is 11.8. The Labute approximate surface area is 245 Å². The van der Waals surface area contributed by atoms with Crippen molar-refractivity contribution in [2.75, 3.05) is 0 Å². The van der Waals surface area contributed by atoms with Crippen molar-refractivity contribution in [2.45, 2.75) is 56.2 Å². The van der Waals surface area contributed by atoms with Crippen LogP contribution in [0.2, 0.25) is 10.0 Å². The van der Waals surface area contributed by atoms with Crippen LogP contribution in [0.3, 0.4) is 0 Å². The van der Waals surface area contributed by atoms with Crippen molar-refractivity contribution in [1.29, 1.82) is 0 Å². The van der Waals surface area contributed by atoms with Crippen LogP contribution in [0.5, 0.6) is 0 Å². The van der Waals surface area contributed by atoms with Gasteiger partial charge in [0.05, 0.1) is 27.4 Å². The first kappa shape index (κ1) is 27.3. The van der Waals surface area contributed by atoms with Crippen LogP contribution >= 0.6 is 39.1 Å². The molecule has 0 bridgehead atoms. The summed E-state index contributed by atoms with van der Waals surface area (Å²) in [7, 11) is 0. The maximum atomic E-state index is 14.5. The lowest BCUT2D eigenvalue weighted by Gasteiger charge is -2.26. The van der Waals surface area contributed by atoms with E-state index in [4.69, 9.17) is 27.6 Å². The Morgan fingerprint density at radius 2 is 1.82 bits per heavy atom. The molecule has 2 saturated carbocycles. The molecule has 208 valence electrons. The van der Waals surface area contributed by atoms with Crippen LogP contribution in [-0.2, 0) is 5.41 Å². The normalized spacial score (nSPS) is 17.1. The molecule has 0 saturated heterocycles. The molecule has 1 N–H and O–H groups in total. The molecular weight excluding hydrogens is 634 g/mol. The zero-order chi connectivity index (χ0) is 28.2. The highest BCUT2D eigenvalue weighted by Gasteiger charge is 2.59. The van der Waals surface area contributed by atoms with Crippen molar-refractivity contribution >= 4 is 45.0 Å². The Morgan fingerprint density at radius 1 is 1.10 bits per heavy atom. The van der Waals surface area contributed by atoms with Crippen molar-refractivity contribution in [3.63, 3.8) is 0 Å². The molecule has 2 heterocycles. The molecule has 2 aliphatic carbocycles. The van der Waals surface area contributed by atoms with Gasteiger partial charge in [0, 0.05) is 21.1 Å². The van der Waals surface area contributed by atoms with Crippen molar-refractivity contribution < 1.29 is 22.4 Å². The lowest BCUT2D eigenvalue weighted by atomic mass is 9.92. The Kier molecular flexibility index (Phi) is 7.16. The molecule has 6 rings (SSSR count). The summed E-state index contributed by atoms with van der Waals surface area (Å²) < 4.78 is 49.2. The molecule has 2 fully saturated rings. The molecule has 0 radical (unpaired) electrons. The van der Waals surface area contributed by atoms with Gasteiger partial charge in [-0.2, -0.15) is 5.10 Å². The van der Waals surface area contributed by atoms with E-state index < -0.39 is 23.9 Å². The van der Waals surface area contributed by atoms with E-state index in [-0.39, 0.29) is 46.9 Å². The topological polar surface area (TPSA) is 85.8 Å². The minimum absolute atomic E-state index is 0.00750. The standard InChI is InChI=1S/C27H21BrCl2F3N5O2/c28-14-6-4-13(5-7-14)21-19(24(39)34-16-2-1-3-16)20(37-38(21)18-9-8-15(29)12-17(18)30)25-35-36-26(40-25)27(10-11-27)22(31)23(32)33/h4-9,12,16,22-23H,1-3,10-11H2,(H,34,39). The Morgan fingerprint density at radius 3 is 2.42 bits per heavy atom. The zero-order valence-electron chi connectivity index (χ0n) is 20.7. The summed E-state index contributed by atoms with van der Waals surface area (Å²) in [4.78, 5) is 13.8. The first-order valence-electron chi connectivity index (χ1n) is 12.6. The van der Waals surface area contributed by atoms with Crippen molar-refractivity contribution in [1.82, 2.24) is 25.3 Å². The van der Waals surface area contributed by atoms with Gasteiger partial charge in [0.1, 0.15) is 0 Å². The second kappa shape index (κ2) is 10.5. The smallest absolute Gasteiger partial charge is 0.270 e. The third-order valence-corrected chi connectivity index (χ3v) is 8.47. The van der Waals surface area contributed by atoms with E-state index in [0.29, 0.717) is 22.0 Å². The minimum atomic E-state index is -3.20. The molecule has 0 aliphatic heterocycles. The summed E-state index contributed by atoms with van der Waals surface area (Å²) in [5, 5.41) is 16.4. The minimum Gasteiger partial charge on any atom is -0.418 e. The van der Waals surface area contributed by atoms with Gasteiger partial charge in [-0.15, -0.1) is 10.2 Å². The number of amides is 1. The van der Waals surface area contributed by atoms with Gasteiger partial charge in [0.25, 0.3) is 18.2 Å². The SMILES string of the molecule is O=C(NC1CCC1)c1c(-c2nnc(C3(C(F)C(F)F)CC3)o2)nn(-c2ccc(Cl)cc2Cl)c1-c1ccc(Br)cc1. The predicted octanol–water partition coefficient (Wildman–Crippen LogP) is 7.58. The monoisotopic (exact) mass is 653 g/mol. The Hall–Kier alpha value is -2.89. The van der Waals surface area contributed by atoms with Crippen molar-refractivity contribution in [3.05, 3.63) is 68.4 Å². The van der Waals surface area contributed by atoms with Gasteiger partial charge in [-0.05, 0) is 62.4 Å². The number of halogens is 6. The van der Waals surface area contributed by atoms with Crippen LogP contribution in [0.25, 0.3) is 28.5 Å². The molecule has 1 unspecified atom stereocenters. The number of alkyl halides is 3. The van der Waals surface area contributed by atoms with E-state index in [2.05, 4.69) is 36.5 Å². The summed E-state index contributed by atoms with van der Waals surface area (Å²) in [6.07, 6.45) is -2.68. The van der Waals surface area contributed by atoms with E-state index in [0.717, 1.165) is 23.7 Å². The number of aromatic nitrogens is 4. The molecular formula is C27H21BrCl2F3N5O2. The van der Waals surface area contributed by atoms with E-state index in [1.165, 1.54) is 4.68 Å². The molecule has 2 aromatic carbocycles. The summed E-state index contributed by atoms with van der Waals surface area (Å²) in [5.74, 6) is -0.862. The molecule has 40 heavy (non-hydrogen) atoms. The van der Waals surface area contributed by atoms with E-state index in [9.17, 15) is 18.0 Å². The van der Waals surface area contributed by atoms with Gasteiger partial charge in [0.2, 0.25) is 5.89 Å². The number of nitrogens with zero attached hydrogens (tertiary/aromatic N) is 4. The number of benzene rings is 2. The molecule has 7 nitrogen and oxygen atoms in total. The highest BCUT2D eigenvalue weighted by molar-refractivity contribution is 9.10. The maximum Gasteiger partial charge on any atom is 0.270 e. The van der Waals surface area contributed by atoms with Gasteiger partial charge >= 0.3 is 0 Å². The highest BCUT2D eigenvalue weighted by Crippen LogP contribution is 2.53. The first-order chi connectivity index (χ1) is 19.2. The lowest BCUT2D eigenvalue weighted by molar-refractivity contribution is 0.0223. The zero-order valence-corrected chi connectivity index (χ0v) is 23.8. The average Bonchev–Trinajstić information content (AvgIpc) is 3.38. The fourth-order valence-corrected chi connectivity index (χ4v) is 5.55. The molecule has 2 aromatic heterocycles. The highest BCUT2D eigenvalue weighted by atomic mass is 79.9. The van der Waals surface area contributed by atoms with Crippen LogP contribution < -0.4 is 5.32 Å². The summed E-state index contributed by atoms with van der Waals surface area (Å²) in [5.41, 5.74) is 0.0401. The molecule has 2 aliphatic rings. The van der Waals surface area contributed by atoms with Gasteiger partial charge in [0.15, 0.2) is 11.9 Å². The van der Waals surface area contributed by atoms with Crippen molar-refractivity contribution in [2.24, 2.45) is 0 Å². The quantitative estimate of drug-likeness (QED) is 0.212. The molecule has 0 spiro atoms. The number of nitrogens with one attached hydrogen (secondary N) is 1. The molecule has 1 amide bonds. The Balaban J connectivity index is 1.56. The average molecular weight is 655 g/mol. The number of carbonyl (C=O) groups excluding carboxylic acids is 1. The van der Waals surface area contributed by atoms with Crippen LogP contribution in [0, 0.1) is 0 Å². The van der Waals surface area contributed by atoms with Gasteiger partial charge in [-0.3, -0.25) is 4.79 Å². The van der Waals surface area contributed by atoms with Crippen molar-refractivity contribution in [3.8, 4) is 28.5 Å². The summed E-state index contributed by atoms with van der Waals surface area (Å²) >= 11 is 16.1. The first-order valence-corrected chi connectivity index (χ1v) is 14.1. The second-order valence-electron chi connectivity index (χ2n) is 9.99. The van der Waals surface area contributed by atoms with Crippen LogP contribution in [0.1, 0.15) is 48.4 Å². The summed E-state index contributed by atoms with van der Waals surface area (Å²) in [6, 6.07) is 12.1. The maximum absolute atomic E-state index is 14.5.